The molecule has 0 fully saturated rings. The number of aliphatic hydroxyl groups excluding tert-OH is 1. The molecule has 1 aliphatic rings. The van der Waals surface area contributed by atoms with Crippen molar-refractivity contribution in [1.29, 1.82) is 0 Å². The molecule has 3 nitrogen and oxygen atoms in total. The molecule has 82 valence electrons. The summed E-state index contributed by atoms with van der Waals surface area (Å²) in [5, 5.41) is 11.4. The Morgan fingerprint density at radius 1 is 1.60 bits per heavy atom. The van der Waals surface area contributed by atoms with Gasteiger partial charge in [0, 0.05) is 4.47 Å². The fourth-order valence-corrected chi connectivity index (χ4v) is 2.46. The number of aliphatic hydroxyl groups is 1. The molecule has 3 N–H and O–H groups in total. The van der Waals surface area contributed by atoms with Crippen LogP contribution in [0.2, 0.25) is 0 Å². The van der Waals surface area contributed by atoms with Gasteiger partial charge in [0.05, 0.1) is 31.7 Å². The van der Waals surface area contributed by atoms with Crippen LogP contribution in [-0.2, 0) is 0 Å². The highest BCUT2D eigenvalue weighted by Crippen LogP contribution is 2.34. The van der Waals surface area contributed by atoms with Crippen LogP contribution in [0.25, 0.3) is 0 Å². The van der Waals surface area contributed by atoms with E-state index < -0.39 is 0 Å². The minimum atomic E-state index is 0.168. The zero-order chi connectivity index (χ0) is 10.8. The minimum Gasteiger partial charge on any atom is -0.492 e. The fourth-order valence-electron chi connectivity index (χ4n) is 2.08. The summed E-state index contributed by atoms with van der Waals surface area (Å²) in [5.74, 6) is 1.11. The van der Waals surface area contributed by atoms with E-state index in [0.29, 0.717) is 6.61 Å². The Morgan fingerprint density at radius 2 is 2.40 bits per heavy atom. The summed E-state index contributed by atoms with van der Waals surface area (Å²) in [4.78, 5) is 0. The molecule has 0 bridgehead atoms. The number of nitrogens with two attached hydrogens (primary N) is 1. The molecule has 0 spiro atoms. The lowest BCUT2D eigenvalue weighted by Crippen LogP contribution is -2.83. The Kier molecular flexibility index (Phi) is 3.29. The maximum absolute atomic E-state index is 9.28. The number of rotatable bonds is 2. The molecule has 0 amide bonds. The largest absolute Gasteiger partial charge is 0.492 e. The lowest BCUT2D eigenvalue weighted by Gasteiger charge is -2.29. The Labute approximate surface area is 97.6 Å². The van der Waals surface area contributed by atoms with Gasteiger partial charge in [-0.05, 0) is 18.2 Å². The number of quaternary nitrogens is 1. The van der Waals surface area contributed by atoms with Gasteiger partial charge in [0.25, 0.3) is 0 Å². The van der Waals surface area contributed by atoms with Crippen molar-refractivity contribution in [2.75, 3.05) is 20.3 Å². The fraction of sp³-hybridized carbons (Fsp3) is 0.455. The number of halogens is 1. The summed E-state index contributed by atoms with van der Waals surface area (Å²) < 4.78 is 6.66. The van der Waals surface area contributed by atoms with E-state index in [1.54, 1.807) is 0 Å². The first-order valence-electron chi connectivity index (χ1n) is 5.09. The zero-order valence-electron chi connectivity index (χ0n) is 8.61. The molecule has 1 aromatic rings. The maximum Gasteiger partial charge on any atom is 0.128 e. The van der Waals surface area contributed by atoms with Gasteiger partial charge in [0.15, 0.2) is 0 Å². The van der Waals surface area contributed by atoms with Gasteiger partial charge in [0.1, 0.15) is 11.8 Å². The summed E-state index contributed by atoms with van der Waals surface area (Å²) in [6.07, 6.45) is 0. The predicted molar refractivity (Wildman–Crippen MR) is 60.8 cm³/mol. The van der Waals surface area contributed by atoms with Gasteiger partial charge in [-0.3, -0.25) is 0 Å². The smallest absolute Gasteiger partial charge is 0.128 e. The number of hydrogen-bond donors (Lipinski definition) is 2. The first-order valence-corrected chi connectivity index (χ1v) is 5.88. The molecular weight excluding hydrogens is 258 g/mol. The molecule has 2 unspecified atom stereocenters. The van der Waals surface area contributed by atoms with E-state index >= 15 is 0 Å². The molecule has 1 aromatic carbocycles. The van der Waals surface area contributed by atoms with Gasteiger partial charge in [-0.25, -0.2) is 0 Å². The van der Waals surface area contributed by atoms with E-state index in [1.807, 2.05) is 19.2 Å². The third kappa shape index (κ3) is 2.02. The average Bonchev–Trinajstić information content (AvgIpc) is 2.27. The van der Waals surface area contributed by atoms with Gasteiger partial charge >= 0.3 is 0 Å². The monoisotopic (exact) mass is 272 g/mol. The van der Waals surface area contributed by atoms with Crippen molar-refractivity contribution >= 4 is 15.9 Å². The minimum absolute atomic E-state index is 0.168. The van der Waals surface area contributed by atoms with Crippen molar-refractivity contribution in [3.05, 3.63) is 28.2 Å². The van der Waals surface area contributed by atoms with Crippen LogP contribution in [0.5, 0.6) is 5.75 Å². The van der Waals surface area contributed by atoms with E-state index in [1.165, 1.54) is 0 Å². The molecular formula is C11H15BrNO2+. The molecule has 0 aliphatic carbocycles. The van der Waals surface area contributed by atoms with Crippen LogP contribution < -0.4 is 10.1 Å². The number of benzene rings is 1. The second kappa shape index (κ2) is 4.51. The predicted octanol–water partition coefficient (Wildman–Crippen LogP) is 0.684. The highest BCUT2D eigenvalue weighted by Gasteiger charge is 2.32. The van der Waals surface area contributed by atoms with Crippen molar-refractivity contribution in [3.63, 3.8) is 0 Å². The number of fused-ring (bicyclic) bond motifs is 1. The van der Waals surface area contributed by atoms with Gasteiger partial charge in [-0.2, -0.15) is 0 Å². The first kappa shape index (κ1) is 10.9. The topological polar surface area (TPSA) is 46.1 Å². The van der Waals surface area contributed by atoms with Crippen LogP contribution in [0, 0.1) is 5.92 Å². The standard InChI is InChI=1S/C11H14BrNO2/c1-13-11-7(5-14)6-15-10-3-2-8(12)4-9(10)11/h2-4,7,11,13-14H,5-6H2,1H3/p+1. The Bertz CT molecular complexity index is 356. The van der Waals surface area contributed by atoms with E-state index in [2.05, 4.69) is 27.3 Å². The summed E-state index contributed by atoms with van der Waals surface area (Å²) >= 11 is 3.46. The Hall–Kier alpha value is -0.580. The number of hydrogen-bond acceptors (Lipinski definition) is 2. The van der Waals surface area contributed by atoms with Crippen LogP contribution in [0.3, 0.4) is 0 Å². The van der Waals surface area contributed by atoms with Crippen LogP contribution in [0.4, 0.5) is 0 Å². The lowest BCUT2D eigenvalue weighted by atomic mass is 9.91. The van der Waals surface area contributed by atoms with E-state index in [-0.39, 0.29) is 18.6 Å². The summed E-state index contributed by atoms with van der Waals surface area (Å²) in [7, 11) is 2.03. The molecule has 0 aromatic heterocycles. The molecule has 4 heteroatoms. The second-order valence-electron chi connectivity index (χ2n) is 3.79. The Balaban J connectivity index is 2.39. The summed E-state index contributed by atoms with van der Waals surface area (Å²) in [5.41, 5.74) is 1.16. The highest BCUT2D eigenvalue weighted by molar-refractivity contribution is 9.10. The molecule has 0 saturated heterocycles. The Morgan fingerprint density at radius 3 is 3.07 bits per heavy atom. The average molecular weight is 273 g/mol. The van der Waals surface area contributed by atoms with Gasteiger partial charge < -0.3 is 15.2 Å². The maximum atomic E-state index is 9.28. The van der Waals surface area contributed by atoms with Crippen molar-refractivity contribution in [2.45, 2.75) is 6.04 Å². The zero-order valence-corrected chi connectivity index (χ0v) is 10.2. The molecule has 15 heavy (non-hydrogen) atoms. The highest BCUT2D eigenvalue weighted by atomic mass is 79.9. The molecule has 1 heterocycles. The quantitative estimate of drug-likeness (QED) is 0.832. The molecule has 2 atom stereocenters. The summed E-state index contributed by atoms with van der Waals surface area (Å²) in [6, 6.07) is 6.31. The van der Waals surface area contributed by atoms with E-state index in [0.717, 1.165) is 15.8 Å². The van der Waals surface area contributed by atoms with Gasteiger partial charge in [-0.15, -0.1) is 0 Å². The third-order valence-corrected chi connectivity index (χ3v) is 3.38. The molecule has 0 saturated carbocycles. The first-order chi connectivity index (χ1) is 7.26. The molecule has 1 aliphatic heterocycles. The van der Waals surface area contributed by atoms with Crippen molar-refractivity contribution in [2.24, 2.45) is 5.92 Å². The van der Waals surface area contributed by atoms with Gasteiger partial charge in [-0.1, -0.05) is 15.9 Å². The van der Waals surface area contributed by atoms with Crippen LogP contribution in [0.15, 0.2) is 22.7 Å². The number of ether oxygens (including phenoxy) is 1. The molecule has 0 radical (unpaired) electrons. The van der Waals surface area contributed by atoms with Crippen LogP contribution >= 0.6 is 15.9 Å². The molecule has 2 rings (SSSR count). The van der Waals surface area contributed by atoms with E-state index in [9.17, 15) is 5.11 Å². The SMILES string of the molecule is C[NH2+]C1c2cc(Br)ccc2OCC1CO. The van der Waals surface area contributed by atoms with Crippen LogP contribution in [-0.4, -0.2) is 25.4 Å². The second-order valence-corrected chi connectivity index (χ2v) is 4.71. The normalized spacial score (nSPS) is 24.5. The van der Waals surface area contributed by atoms with Crippen molar-refractivity contribution in [1.82, 2.24) is 0 Å². The van der Waals surface area contributed by atoms with E-state index in [4.69, 9.17) is 4.74 Å². The van der Waals surface area contributed by atoms with Crippen LogP contribution in [0.1, 0.15) is 11.6 Å². The lowest BCUT2D eigenvalue weighted by molar-refractivity contribution is -0.679. The van der Waals surface area contributed by atoms with Crippen molar-refractivity contribution < 1.29 is 15.2 Å². The van der Waals surface area contributed by atoms with Crippen molar-refractivity contribution in [3.8, 4) is 5.75 Å². The van der Waals surface area contributed by atoms with Gasteiger partial charge in [0.2, 0.25) is 0 Å². The summed E-state index contributed by atoms with van der Waals surface area (Å²) in [6.45, 7) is 0.765. The third-order valence-electron chi connectivity index (χ3n) is 2.89.